The first-order valence-corrected chi connectivity index (χ1v) is 19.1. The summed E-state index contributed by atoms with van der Waals surface area (Å²) >= 11 is 0. The molecular formula is C38H77NO2. The van der Waals surface area contributed by atoms with E-state index in [1.54, 1.807) is 0 Å². The fourth-order valence-corrected chi connectivity index (χ4v) is 6.43. The summed E-state index contributed by atoms with van der Waals surface area (Å²) in [5, 5.41) is 9.24. The van der Waals surface area contributed by atoms with E-state index in [1.165, 1.54) is 180 Å². The number of carbonyl (C=O) groups is 1. The van der Waals surface area contributed by atoms with Crippen LogP contribution in [-0.2, 0) is 4.79 Å². The molecule has 1 unspecified atom stereocenters. The molecule has 0 aliphatic heterocycles. The Morgan fingerprint density at radius 1 is 0.463 bits per heavy atom. The number of rotatable bonds is 35. The smallest absolute Gasteiger partial charge is 0.303 e. The van der Waals surface area contributed by atoms with Crippen LogP contribution in [-0.4, -0.2) is 35.1 Å². The molecule has 246 valence electrons. The van der Waals surface area contributed by atoms with Crippen LogP contribution in [0.15, 0.2) is 0 Å². The number of nitrogens with zero attached hydrogens (tertiary/aromatic N) is 1. The third kappa shape index (κ3) is 30.7. The van der Waals surface area contributed by atoms with Gasteiger partial charge in [-0.15, -0.1) is 0 Å². The highest BCUT2D eigenvalue weighted by molar-refractivity contribution is 5.66. The van der Waals surface area contributed by atoms with Crippen molar-refractivity contribution in [2.24, 2.45) is 0 Å². The number of hydrogen-bond acceptors (Lipinski definition) is 2. The summed E-state index contributed by atoms with van der Waals surface area (Å²) in [6, 6.07) is 0.440. The van der Waals surface area contributed by atoms with E-state index in [0.717, 1.165) is 25.9 Å². The first-order chi connectivity index (χ1) is 20.2. The van der Waals surface area contributed by atoms with Crippen molar-refractivity contribution in [2.45, 2.75) is 226 Å². The Bertz CT molecular complexity index is 477. The van der Waals surface area contributed by atoms with Gasteiger partial charge >= 0.3 is 5.97 Å². The van der Waals surface area contributed by atoms with Crippen molar-refractivity contribution in [2.75, 3.05) is 13.1 Å². The predicted octanol–water partition coefficient (Wildman–Crippen LogP) is 12.9. The molecule has 0 saturated carbocycles. The predicted molar refractivity (Wildman–Crippen MR) is 183 cm³/mol. The molecule has 0 amide bonds. The summed E-state index contributed by atoms with van der Waals surface area (Å²) in [7, 11) is 0. The van der Waals surface area contributed by atoms with Crippen LogP contribution in [0.1, 0.15) is 220 Å². The Balaban J connectivity index is 3.92. The van der Waals surface area contributed by atoms with E-state index in [4.69, 9.17) is 0 Å². The maximum Gasteiger partial charge on any atom is 0.303 e. The van der Waals surface area contributed by atoms with Gasteiger partial charge in [0.25, 0.3) is 0 Å². The summed E-state index contributed by atoms with van der Waals surface area (Å²) in [5.74, 6) is -0.642. The van der Waals surface area contributed by atoms with Gasteiger partial charge in [-0.1, -0.05) is 188 Å². The van der Waals surface area contributed by atoms with Crippen LogP contribution in [0.25, 0.3) is 0 Å². The summed E-state index contributed by atoms with van der Waals surface area (Å²) in [4.78, 5) is 13.9. The molecule has 0 aromatic heterocycles. The Hall–Kier alpha value is -0.570. The molecule has 0 fully saturated rings. The van der Waals surface area contributed by atoms with Crippen LogP contribution in [0.3, 0.4) is 0 Å². The zero-order chi connectivity index (χ0) is 30.1. The first kappa shape index (κ1) is 40.4. The molecule has 0 bridgehead atoms. The van der Waals surface area contributed by atoms with E-state index in [9.17, 15) is 9.90 Å². The lowest BCUT2D eigenvalue weighted by Gasteiger charge is -2.31. The van der Waals surface area contributed by atoms with Gasteiger partial charge in [-0.2, -0.15) is 0 Å². The van der Waals surface area contributed by atoms with Gasteiger partial charge in [0.05, 0.1) is 0 Å². The van der Waals surface area contributed by atoms with E-state index in [-0.39, 0.29) is 0 Å². The van der Waals surface area contributed by atoms with E-state index in [2.05, 4.69) is 25.7 Å². The molecule has 0 saturated heterocycles. The monoisotopic (exact) mass is 580 g/mol. The maximum atomic E-state index is 11.2. The molecule has 1 N–H and O–H groups in total. The van der Waals surface area contributed by atoms with Gasteiger partial charge < -0.3 is 10.0 Å². The third-order valence-corrected chi connectivity index (χ3v) is 9.28. The van der Waals surface area contributed by atoms with Crippen molar-refractivity contribution in [3.05, 3.63) is 0 Å². The van der Waals surface area contributed by atoms with Crippen molar-refractivity contribution in [1.29, 1.82) is 0 Å². The molecular weight excluding hydrogens is 502 g/mol. The fourth-order valence-electron chi connectivity index (χ4n) is 6.43. The summed E-state index contributed by atoms with van der Waals surface area (Å²) < 4.78 is 0. The summed E-state index contributed by atoms with van der Waals surface area (Å²) in [5.41, 5.74) is 0. The average Bonchev–Trinajstić information content (AvgIpc) is 2.97. The second-order valence-electron chi connectivity index (χ2n) is 13.2. The number of carboxylic acids is 1. The Labute approximate surface area is 259 Å². The Kier molecular flexibility index (Phi) is 33.5. The van der Waals surface area contributed by atoms with Crippen molar-refractivity contribution in [1.82, 2.24) is 4.90 Å². The molecule has 0 aliphatic carbocycles. The Morgan fingerprint density at radius 2 is 0.732 bits per heavy atom. The van der Waals surface area contributed by atoms with E-state index in [0.29, 0.717) is 12.5 Å². The van der Waals surface area contributed by atoms with Gasteiger partial charge in [0.2, 0.25) is 0 Å². The second kappa shape index (κ2) is 33.9. The molecule has 0 aromatic carbocycles. The van der Waals surface area contributed by atoms with Crippen LogP contribution in [0.4, 0.5) is 0 Å². The van der Waals surface area contributed by atoms with Crippen LogP contribution >= 0.6 is 0 Å². The van der Waals surface area contributed by atoms with Gasteiger partial charge in [-0.05, 0) is 38.8 Å². The topological polar surface area (TPSA) is 40.5 Å². The first-order valence-electron chi connectivity index (χ1n) is 19.1. The molecule has 0 aliphatic rings. The van der Waals surface area contributed by atoms with Gasteiger partial charge in [-0.3, -0.25) is 4.79 Å². The minimum Gasteiger partial charge on any atom is -0.481 e. The van der Waals surface area contributed by atoms with Crippen molar-refractivity contribution >= 4 is 5.97 Å². The summed E-state index contributed by atoms with van der Waals surface area (Å²) in [6.45, 7) is 9.16. The molecule has 0 heterocycles. The highest BCUT2D eigenvalue weighted by atomic mass is 16.4. The average molecular weight is 580 g/mol. The van der Waals surface area contributed by atoms with Crippen LogP contribution in [0, 0.1) is 0 Å². The quantitative estimate of drug-likeness (QED) is 0.0759. The van der Waals surface area contributed by atoms with Crippen molar-refractivity contribution < 1.29 is 9.90 Å². The highest BCUT2D eigenvalue weighted by Gasteiger charge is 2.17. The lowest BCUT2D eigenvalue weighted by molar-refractivity contribution is -0.137. The molecule has 0 rings (SSSR count). The van der Waals surface area contributed by atoms with Crippen molar-refractivity contribution in [3.8, 4) is 0 Å². The molecule has 3 nitrogen and oxygen atoms in total. The minimum atomic E-state index is -0.642. The number of aliphatic carboxylic acids is 1. The van der Waals surface area contributed by atoms with Gasteiger partial charge in [0, 0.05) is 12.5 Å². The summed E-state index contributed by atoms with van der Waals surface area (Å²) in [6.07, 6.45) is 41.4. The van der Waals surface area contributed by atoms with Gasteiger partial charge in [0.1, 0.15) is 0 Å². The lowest BCUT2D eigenvalue weighted by Crippen LogP contribution is -2.37. The Morgan fingerprint density at radius 3 is 0.976 bits per heavy atom. The lowest BCUT2D eigenvalue weighted by atomic mass is 10.0. The second-order valence-corrected chi connectivity index (χ2v) is 13.2. The molecule has 1 atom stereocenters. The minimum absolute atomic E-state index is 0.312. The zero-order valence-electron chi connectivity index (χ0n) is 28.7. The van der Waals surface area contributed by atoms with Gasteiger partial charge in [0.15, 0.2) is 0 Å². The highest BCUT2D eigenvalue weighted by Crippen LogP contribution is 2.18. The van der Waals surface area contributed by atoms with E-state index in [1.807, 2.05) is 0 Å². The molecule has 0 aromatic rings. The van der Waals surface area contributed by atoms with E-state index >= 15 is 0 Å². The number of hydrogen-bond donors (Lipinski definition) is 1. The molecule has 41 heavy (non-hydrogen) atoms. The maximum absolute atomic E-state index is 11.2. The van der Waals surface area contributed by atoms with Crippen LogP contribution in [0.5, 0.6) is 0 Å². The molecule has 0 radical (unpaired) electrons. The van der Waals surface area contributed by atoms with Crippen LogP contribution in [0.2, 0.25) is 0 Å². The number of unbranched alkanes of at least 4 members (excludes halogenated alkanes) is 26. The largest absolute Gasteiger partial charge is 0.481 e. The standard InChI is InChI=1S/C38H77NO2/c1-4-7-9-11-13-15-17-19-21-23-25-27-29-31-35-39(37(6-3)33-34-38(40)41)36-32-30-28-26-24-22-20-18-16-14-12-10-8-5-2/h37H,4-36H2,1-3H3,(H,40,41). The van der Waals surface area contributed by atoms with Crippen molar-refractivity contribution in [3.63, 3.8) is 0 Å². The molecule has 0 spiro atoms. The SMILES string of the molecule is CCCCCCCCCCCCCCCCN(CCCCCCCCCCCCCCCC)C(CC)CCC(=O)O. The fraction of sp³-hybridized carbons (Fsp3) is 0.974. The third-order valence-electron chi connectivity index (χ3n) is 9.28. The number of carboxylic acid groups (broad SMARTS) is 1. The zero-order valence-corrected chi connectivity index (χ0v) is 28.7. The van der Waals surface area contributed by atoms with Crippen LogP contribution < -0.4 is 0 Å². The van der Waals surface area contributed by atoms with Gasteiger partial charge in [-0.25, -0.2) is 0 Å². The molecule has 3 heteroatoms. The van der Waals surface area contributed by atoms with E-state index < -0.39 is 5.97 Å². The normalized spacial score (nSPS) is 12.4.